The molecule has 1 atom stereocenters. The summed E-state index contributed by atoms with van der Waals surface area (Å²) in [5.74, 6) is 0.253. The number of aliphatic hydroxyl groups excluding tert-OH is 1. The quantitative estimate of drug-likeness (QED) is 0.689. The van der Waals surface area contributed by atoms with Crippen LogP contribution in [0.15, 0.2) is 30.3 Å². The Balaban J connectivity index is 2.16. The lowest BCUT2D eigenvalue weighted by atomic mass is 10.0. The maximum atomic E-state index is 11.6. The first-order valence-electron chi connectivity index (χ1n) is 7.25. The highest BCUT2D eigenvalue weighted by atomic mass is 16.5. The minimum Gasteiger partial charge on any atom is -0.396 e. The van der Waals surface area contributed by atoms with Crippen LogP contribution in [-0.2, 0) is 16.1 Å². The van der Waals surface area contributed by atoms with Crippen molar-refractivity contribution in [3.8, 4) is 0 Å². The molecule has 1 aromatic carbocycles. The average Bonchev–Trinajstić information content (AvgIpc) is 2.46. The van der Waals surface area contributed by atoms with E-state index >= 15 is 0 Å². The molecule has 1 amide bonds. The van der Waals surface area contributed by atoms with E-state index in [2.05, 4.69) is 12.2 Å². The van der Waals surface area contributed by atoms with Crippen molar-refractivity contribution in [2.75, 3.05) is 19.8 Å². The number of aliphatic hydroxyl groups is 1. The van der Waals surface area contributed by atoms with Gasteiger partial charge in [0.1, 0.15) is 6.61 Å². The zero-order valence-corrected chi connectivity index (χ0v) is 12.2. The van der Waals surface area contributed by atoms with Gasteiger partial charge in [-0.2, -0.15) is 0 Å². The fraction of sp³-hybridized carbons (Fsp3) is 0.562. The smallest absolute Gasteiger partial charge is 0.246 e. The van der Waals surface area contributed by atoms with Gasteiger partial charge in [-0.1, -0.05) is 43.7 Å². The molecule has 1 unspecified atom stereocenters. The van der Waals surface area contributed by atoms with Gasteiger partial charge in [0.25, 0.3) is 0 Å². The van der Waals surface area contributed by atoms with E-state index in [1.54, 1.807) is 0 Å². The molecule has 0 radical (unpaired) electrons. The molecule has 0 saturated carbocycles. The van der Waals surface area contributed by atoms with Crippen molar-refractivity contribution in [3.05, 3.63) is 35.9 Å². The predicted molar refractivity (Wildman–Crippen MR) is 79.2 cm³/mol. The number of ether oxygens (including phenoxy) is 1. The summed E-state index contributed by atoms with van der Waals surface area (Å²) in [6.45, 7) is 3.41. The summed E-state index contributed by atoms with van der Waals surface area (Å²) in [7, 11) is 0. The van der Waals surface area contributed by atoms with Crippen LogP contribution in [0.25, 0.3) is 0 Å². The Morgan fingerprint density at radius 3 is 2.70 bits per heavy atom. The van der Waals surface area contributed by atoms with Crippen LogP contribution in [0.2, 0.25) is 0 Å². The van der Waals surface area contributed by atoms with Crippen molar-refractivity contribution >= 4 is 5.91 Å². The Morgan fingerprint density at radius 1 is 1.30 bits per heavy atom. The largest absolute Gasteiger partial charge is 0.396 e. The standard InChI is InChI=1S/C16H25NO3/c1-2-6-14(9-10-18)11-17-16(19)13-20-12-15-7-4-3-5-8-15/h3-5,7-8,14,18H,2,6,9-13H2,1H3,(H,17,19). The second-order valence-electron chi connectivity index (χ2n) is 4.95. The molecule has 0 saturated heterocycles. The molecule has 0 bridgehead atoms. The highest BCUT2D eigenvalue weighted by Crippen LogP contribution is 2.09. The molecule has 20 heavy (non-hydrogen) atoms. The zero-order valence-electron chi connectivity index (χ0n) is 12.2. The molecule has 2 N–H and O–H groups in total. The van der Waals surface area contributed by atoms with Crippen LogP contribution in [-0.4, -0.2) is 30.8 Å². The van der Waals surface area contributed by atoms with Gasteiger partial charge in [0.05, 0.1) is 6.61 Å². The van der Waals surface area contributed by atoms with Gasteiger partial charge in [-0.05, 0) is 24.3 Å². The Kier molecular flexibility index (Phi) is 8.67. The number of carbonyl (C=O) groups excluding carboxylic acids is 1. The van der Waals surface area contributed by atoms with Gasteiger partial charge in [0, 0.05) is 13.2 Å². The number of amides is 1. The van der Waals surface area contributed by atoms with Crippen LogP contribution in [0.5, 0.6) is 0 Å². The molecule has 1 aromatic rings. The topological polar surface area (TPSA) is 58.6 Å². The molecule has 0 fully saturated rings. The minimum atomic E-state index is -0.0972. The van der Waals surface area contributed by atoms with E-state index in [-0.39, 0.29) is 19.1 Å². The van der Waals surface area contributed by atoms with Gasteiger partial charge in [0.15, 0.2) is 0 Å². The third-order valence-corrected chi connectivity index (χ3v) is 3.17. The van der Waals surface area contributed by atoms with Gasteiger partial charge < -0.3 is 15.2 Å². The zero-order chi connectivity index (χ0) is 14.6. The van der Waals surface area contributed by atoms with Crippen molar-refractivity contribution in [3.63, 3.8) is 0 Å². The summed E-state index contributed by atoms with van der Waals surface area (Å²) in [4.78, 5) is 11.6. The number of benzene rings is 1. The molecule has 112 valence electrons. The number of carbonyl (C=O) groups is 1. The summed E-state index contributed by atoms with van der Waals surface area (Å²) in [5.41, 5.74) is 1.06. The number of hydrogen-bond donors (Lipinski definition) is 2. The third kappa shape index (κ3) is 7.26. The van der Waals surface area contributed by atoms with E-state index < -0.39 is 0 Å². The molecule has 0 aliphatic carbocycles. The van der Waals surface area contributed by atoms with Crippen molar-refractivity contribution in [1.29, 1.82) is 0 Å². The van der Waals surface area contributed by atoms with Crippen LogP contribution in [0.3, 0.4) is 0 Å². The average molecular weight is 279 g/mol. The summed E-state index contributed by atoms with van der Waals surface area (Å²) < 4.78 is 5.37. The van der Waals surface area contributed by atoms with Gasteiger partial charge in [-0.25, -0.2) is 0 Å². The van der Waals surface area contributed by atoms with Crippen LogP contribution >= 0.6 is 0 Å². The van der Waals surface area contributed by atoms with Crippen molar-refractivity contribution < 1.29 is 14.6 Å². The Bertz CT molecular complexity index is 361. The van der Waals surface area contributed by atoms with E-state index in [1.807, 2.05) is 30.3 Å². The van der Waals surface area contributed by atoms with E-state index in [0.29, 0.717) is 19.1 Å². The summed E-state index contributed by atoms with van der Waals surface area (Å²) in [6, 6.07) is 9.78. The second-order valence-corrected chi connectivity index (χ2v) is 4.95. The molecule has 0 aromatic heterocycles. The molecule has 1 rings (SSSR count). The normalized spacial score (nSPS) is 12.1. The molecular weight excluding hydrogens is 254 g/mol. The summed E-state index contributed by atoms with van der Waals surface area (Å²) >= 11 is 0. The van der Waals surface area contributed by atoms with Gasteiger partial charge in [0.2, 0.25) is 5.91 Å². The van der Waals surface area contributed by atoms with E-state index in [4.69, 9.17) is 9.84 Å². The lowest BCUT2D eigenvalue weighted by Gasteiger charge is -2.15. The molecule has 0 heterocycles. The number of nitrogens with one attached hydrogen (secondary N) is 1. The fourth-order valence-electron chi connectivity index (χ4n) is 2.08. The summed E-state index contributed by atoms with van der Waals surface area (Å²) in [6.07, 6.45) is 2.82. The first-order chi connectivity index (χ1) is 9.76. The van der Waals surface area contributed by atoms with Crippen LogP contribution < -0.4 is 5.32 Å². The van der Waals surface area contributed by atoms with E-state index in [1.165, 1.54) is 0 Å². The van der Waals surface area contributed by atoms with E-state index in [0.717, 1.165) is 24.8 Å². The van der Waals surface area contributed by atoms with Gasteiger partial charge in [-0.3, -0.25) is 4.79 Å². The SMILES string of the molecule is CCCC(CCO)CNC(=O)COCc1ccccc1. The number of rotatable bonds is 10. The highest BCUT2D eigenvalue weighted by Gasteiger charge is 2.09. The third-order valence-electron chi connectivity index (χ3n) is 3.17. The van der Waals surface area contributed by atoms with Crippen LogP contribution in [0, 0.1) is 5.92 Å². The minimum absolute atomic E-state index is 0.0763. The maximum Gasteiger partial charge on any atom is 0.246 e. The van der Waals surface area contributed by atoms with Crippen molar-refractivity contribution in [2.45, 2.75) is 32.8 Å². The Labute approximate surface area is 121 Å². The lowest BCUT2D eigenvalue weighted by Crippen LogP contribution is -2.32. The maximum absolute atomic E-state index is 11.6. The second kappa shape index (κ2) is 10.4. The molecule has 0 aliphatic rings. The number of hydrogen-bond acceptors (Lipinski definition) is 3. The van der Waals surface area contributed by atoms with Crippen LogP contribution in [0.1, 0.15) is 31.7 Å². The Morgan fingerprint density at radius 2 is 2.05 bits per heavy atom. The molecule has 4 heteroatoms. The molecular formula is C16H25NO3. The van der Waals surface area contributed by atoms with Gasteiger partial charge >= 0.3 is 0 Å². The predicted octanol–water partition coefficient (Wildman–Crippen LogP) is 2.12. The Hall–Kier alpha value is -1.39. The van der Waals surface area contributed by atoms with Crippen LogP contribution in [0.4, 0.5) is 0 Å². The molecule has 4 nitrogen and oxygen atoms in total. The first-order valence-corrected chi connectivity index (χ1v) is 7.25. The highest BCUT2D eigenvalue weighted by molar-refractivity contribution is 5.77. The fourth-order valence-corrected chi connectivity index (χ4v) is 2.08. The monoisotopic (exact) mass is 279 g/mol. The van der Waals surface area contributed by atoms with Crippen molar-refractivity contribution in [2.24, 2.45) is 5.92 Å². The lowest BCUT2D eigenvalue weighted by molar-refractivity contribution is -0.126. The molecule has 0 aliphatic heterocycles. The molecule has 0 spiro atoms. The van der Waals surface area contributed by atoms with Crippen molar-refractivity contribution in [1.82, 2.24) is 5.32 Å². The van der Waals surface area contributed by atoms with E-state index in [9.17, 15) is 4.79 Å². The summed E-state index contributed by atoms with van der Waals surface area (Å²) in [5, 5.41) is 11.8. The van der Waals surface area contributed by atoms with Gasteiger partial charge in [-0.15, -0.1) is 0 Å². The first kappa shape index (κ1) is 16.7.